The molecule has 2 N–H and O–H groups in total. The zero-order valence-corrected chi connectivity index (χ0v) is 13.4. The van der Waals surface area contributed by atoms with Crippen molar-refractivity contribution in [2.45, 2.75) is 0 Å². The smallest absolute Gasteiger partial charge is 0.259 e. The number of aromatic hydroxyl groups is 1. The molecule has 0 radical (unpaired) electrons. The van der Waals surface area contributed by atoms with E-state index in [0.29, 0.717) is 19.7 Å². The van der Waals surface area contributed by atoms with Gasteiger partial charge in [-0.15, -0.1) is 0 Å². The lowest BCUT2D eigenvalue weighted by atomic mass is 10.2. The monoisotopic (exact) mass is 403 g/mol. The van der Waals surface area contributed by atoms with Crippen molar-refractivity contribution >= 4 is 55.1 Å². The summed E-state index contributed by atoms with van der Waals surface area (Å²) < 4.78 is 1.14. The Kier molecular flexibility index (Phi) is 4.50. The Labute approximate surface area is 131 Å². The largest absolute Gasteiger partial charge is 0.506 e. The van der Waals surface area contributed by atoms with E-state index >= 15 is 0 Å². The first-order valence-electron chi connectivity index (χ1n) is 5.22. The van der Waals surface area contributed by atoms with Gasteiger partial charge in [0.05, 0.1) is 10.0 Å². The molecule has 0 aliphatic rings. The molecule has 19 heavy (non-hydrogen) atoms. The summed E-state index contributed by atoms with van der Waals surface area (Å²) in [6, 6.07) is 9.93. The first-order chi connectivity index (χ1) is 8.97. The van der Waals surface area contributed by atoms with E-state index in [0.717, 1.165) is 0 Å². The molecule has 0 atom stereocenters. The molecule has 0 bridgehead atoms. The standard InChI is InChI=1S/C13H8Br2ClNO2/c14-7-5-10(12(18)11(15)6-7)13(19)17-9-3-1-8(16)2-4-9/h1-6,18H,(H,17,19). The van der Waals surface area contributed by atoms with Gasteiger partial charge in [0, 0.05) is 15.2 Å². The summed E-state index contributed by atoms with van der Waals surface area (Å²) in [7, 11) is 0. The Balaban J connectivity index is 2.27. The van der Waals surface area contributed by atoms with E-state index < -0.39 is 5.91 Å². The Bertz CT molecular complexity index is 629. The number of benzene rings is 2. The molecule has 0 fully saturated rings. The third-order valence-corrected chi connectivity index (χ3v) is 3.69. The van der Waals surface area contributed by atoms with Gasteiger partial charge < -0.3 is 10.4 Å². The number of rotatable bonds is 2. The molecule has 3 nitrogen and oxygen atoms in total. The van der Waals surface area contributed by atoms with Gasteiger partial charge in [-0.1, -0.05) is 27.5 Å². The second kappa shape index (κ2) is 5.94. The van der Waals surface area contributed by atoms with E-state index in [1.165, 1.54) is 0 Å². The van der Waals surface area contributed by atoms with Crippen molar-refractivity contribution in [3.8, 4) is 5.75 Å². The van der Waals surface area contributed by atoms with Crippen molar-refractivity contribution in [1.29, 1.82) is 0 Å². The lowest BCUT2D eigenvalue weighted by Crippen LogP contribution is -2.12. The molecule has 6 heteroatoms. The maximum Gasteiger partial charge on any atom is 0.259 e. The SMILES string of the molecule is O=C(Nc1ccc(Cl)cc1)c1cc(Br)cc(Br)c1O. The van der Waals surface area contributed by atoms with Crippen molar-refractivity contribution in [3.63, 3.8) is 0 Å². The fourth-order valence-electron chi connectivity index (χ4n) is 1.47. The molecule has 0 spiro atoms. The first kappa shape index (κ1) is 14.4. The van der Waals surface area contributed by atoms with Crippen LogP contribution in [0.15, 0.2) is 45.3 Å². The third-order valence-electron chi connectivity index (χ3n) is 2.37. The van der Waals surface area contributed by atoms with Crippen LogP contribution in [0.5, 0.6) is 5.75 Å². The highest BCUT2D eigenvalue weighted by molar-refractivity contribution is 9.11. The van der Waals surface area contributed by atoms with Crippen LogP contribution in [0.25, 0.3) is 0 Å². The number of nitrogens with one attached hydrogen (secondary N) is 1. The van der Waals surface area contributed by atoms with Crippen molar-refractivity contribution in [1.82, 2.24) is 0 Å². The zero-order valence-electron chi connectivity index (χ0n) is 9.45. The summed E-state index contributed by atoms with van der Waals surface area (Å²) in [6.07, 6.45) is 0. The molecule has 2 aromatic rings. The van der Waals surface area contributed by atoms with Crippen LogP contribution in [0, 0.1) is 0 Å². The fraction of sp³-hybridized carbons (Fsp3) is 0. The van der Waals surface area contributed by atoms with Gasteiger partial charge in [0.15, 0.2) is 0 Å². The van der Waals surface area contributed by atoms with Gasteiger partial charge in [0.2, 0.25) is 0 Å². The lowest BCUT2D eigenvalue weighted by molar-refractivity contribution is 0.102. The topological polar surface area (TPSA) is 49.3 Å². The number of hydrogen-bond acceptors (Lipinski definition) is 2. The number of anilines is 1. The van der Waals surface area contributed by atoms with Gasteiger partial charge in [0.1, 0.15) is 5.75 Å². The van der Waals surface area contributed by atoms with Crippen LogP contribution >= 0.6 is 43.5 Å². The maximum absolute atomic E-state index is 12.1. The zero-order chi connectivity index (χ0) is 14.0. The normalized spacial score (nSPS) is 10.3. The predicted molar refractivity (Wildman–Crippen MR) is 82.9 cm³/mol. The van der Waals surface area contributed by atoms with Crippen molar-refractivity contribution in [3.05, 3.63) is 55.9 Å². The Hall–Kier alpha value is -1.04. The van der Waals surface area contributed by atoms with Crippen LogP contribution in [0.2, 0.25) is 5.02 Å². The van der Waals surface area contributed by atoms with Crippen molar-refractivity contribution in [2.75, 3.05) is 5.32 Å². The number of phenolic OH excluding ortho intramolecular Hbond substituents is 1. The summed E-state index contributed by atoms with van der Waals surface area (Å²) in [5, 5.41) is 13.1. The molecule has 0 saturated heterocycles. The van der Waals surface area contributed by atoms with E-state index in [1.807, 2.05) is 0 Å². The highest BCUT2D eigenvalue weighted by atomic mass is 79.9. The average Bonchev–Trinajstić information content (AvgIpc) is 2.36. The number of phenols is 1. The van der Waals surface area contributed by atoms with Gasteiger partial charge in [-0.3, -0.25) is 4.79 Å². The van der Waals surface area contributed by atoms with Crippen molar-refractivity contribution in [2.24, 2.45) is 0 Å². The van der Waals surface area contributed by atoms with Crippen LogP contribution in [0.1, 0.15) is 10.4 Å². The van der Waals surface area contributed by atoms with E-state index in [2.05, 4.69) is 37.2 Å². The van der Waals surface area contributed by atoms with Crippen LogP contribution in [-0.4, -0.2) is 11.0 Å². The second-order valence-corrected chi connectivity index (χ2v) is 5.95. The Morgan fingerprint density at radius 3 is 2.42 bits per heavy atom. The highest BCUT2D eigenvalue weighted by Gasteiger charge is 2.15. The van der Waals surface area contributed by atoms with Gasteiger partial charge >= 0.3 is 0 Å². The van der Waals surface area contributed by atoms with E-state index in [1.54, 1.807) is 36.4 Å². The molecule has 0 aliphatic heterocycles. The molecular formula is C13H8Br2ClNO2. The summed E-state index contributed by atoms with van der Waals surface area (Å²) in [4.78, 5) is 12.1. The maximum atomic E-state index is 12.1. The average molecular weight is 405 g/mol. The van der Waals surface area contributed by atoms with Gasteiger partial charge in [-0.2, -0.15) is 0 Å². The van der Waals surface area contributed by atoms with Gasteiger partial charge in [-0.05, 0) is 52.3 Å². The van der Waals surface area contributed by atoms with Crippen LogP contribution < -0.4 is 5.32 Å². The molecule has 2 aromatic carbocycles. The van der Waals surface area contributed by atoms with Crippen LogP contribution in [-0.2, 0) is 0 Å². The quantitative estimate of drug-likeness (QED) is 0.752. The van der Waals surface area contributed by atoms with Crippen LogP contribution in [0.4, 0.5) is 5.69 Å². The highest BCUT2D eigenvalue weighted by Crippen LogP contribution is 2.32. The summed E-state index contributed by atoms with van der Waals surface area (Å²) in [6.45, 7) is 0. The number of amides is 1. The number of carbonyl (C=O) groups excluding carboxylic acids is 1. The number of carbonyl (C=O) groups is 1. The second-order valence-electron chi connectivity index (χ2n) is 3.74. The lowest BCUT2D eigenvalue weighted by Gasteiger charge is -2.08. The Morgan fingerprint density at radius 1 is 1.16 bits per heavy atom. The molecular weight excluding hydrogens is 397 g/mol. The molecule has 0 aliphatic carbocycles. The van der Waals surface area contributed by atoms with E-state index in [-0.39, 0.29) is 11.3 Å². The minimum atomic E-state index is -0.401. The number of hydrogen-bond donors (Lipinski definition) is 2. The van der Waals surface area contributed by atoms with Gasteiger partial charge in [-0.25, -0.2) is 0 Å². The molecule has 0 saturated carbocycles. The van der Waals surface area contributed by atoms with Crippen molar-refractivity contribution < 1.29 is 9.90 Å². The van der Waals surface area contributed by atoms with E-state index in [4.69, 9.17) is 11.6 Å². The molecule has 1 amide bonds. The molecule has 98 valence electrons. The first-order valence-corrected chi connectivity index (χ1v) is 7.18. The molecule has 0 unspecified atom stereocenters. The number of halogens is 3. The minimum Gasteiger partial charge on any atom is -0.506 e. The third kappa shape index (κ3) is 3.49. The molecule has 0 aromatic heterocycles. The van der Waals surface area contributed by atoms with Gasteiger partial charge in [0.25, 0.3) is 5.91 Å². The molecule has 0 heterocycles. The Morgan fingerprint density at radius 2 is 1.79 bits per heavy atom. The minimum absolute atomic E-state index is 0.102. The van der Waals surface area contributed by atoms with Crippen LogP contribution in [0.3, 0.4) is 0 Å². The van der Waals surface area contributed by atoms with E-state index in [9.17, 15) is 9.90 Å². The summed E-state index contributed by atoms with van der Waals surface area (Å²) >= 11 is 12.2. The molecule has 2 rings (SSSR count). The summed E-state index contributed by atoms with van der Waals surface area (Å²) in [5.74, 6) is -0.503. The summed E-state index contributed by atoms with van der Waals surface area (Å²) in [5.41, 5.74) is 0.779. The predicted octanol–water partition coefficient (Wildman–Crippen LogP) is 4.82. The fourth-order valence-corrected chi connectivity index (χ4v) is 2.82.